The zero-order valence-electron chi connectivity index (χ0n) is 15.5. The quantitative estimate of drug-likeness (QED) is 0.702. The molecule has 138 valence electrons. The summed E-state index contributed by atoms with van der Waals surface area (Å²) in [5.74, 6) is -0.418. The van der Waals surface area contributed by atoms with Gasteiger partial charge in [0, 0.05) is 30.9 Å². The summed E-state index contributed by atoms with van der Waals surface area (Å²) in [6, 6.07) is 6.88. The van der Waals surface area contributed by atoms with Gasteiger partial charge in [0.2, 0.25) is 11.8 Å². The van der Waals surface area contributed by atoms with Crippen molar-refractivity contribution in [3.63, 3.8) is 0 Å². The molecule has 2 N–H and O–H groups in total. The number of carbonyl (C=O) groups is 3. The highest BCUT2D eigenvalue weighted by atomic mass is 16.2. The molecule has 0 atom stereocenters. The van der Waals surface area contributed by atoms with Gasteiger partial charge in [0.25, 0.3) is 5.91 Å². The number of hydrogen-bond acceptors (Lipinski definition) is 4. The van der Waals surface area contributed by atoms with E-state index in [9.17, 15) is 14.4 Å². The summed E-state index contributed by atoms with van der Waals surface area (Å²) in [4.78, 5) is 39.3. The Labute approximate surface area is 149 Å². The number of likely N-dealkylation sites (N-methyl/N-ethyl adjacent to an activating group) is 2. The van der Waals surface area contributed by atoms with Crippen LogP contribution in [0.5, 0.6) is 0 Å². The smallest absolute Gasteiger partial charge is 0.253 e. The molecule has 0 heterocycles. The number of nitrogens with one attached hydrogen (secondary N) is 2. The highest BCUT2D eigenvalue weighted by Gasteiger charge is 2.14. The van der Waals surface area contributed by atoms with E-state index in [1.165, 1.54) is 0 Å². The Kier molecular flexibility index (Phi) is 8.63. The van der Waals surface area contributed by atoms with Crippen LogP contribution in [-0.4, -0.2) is 67.3 Å². The topological polar surface area (TPSA) is 81.8 Å². The van der Waals surface area contributed by atoms with Gasteiger partial charge in [-0.1, -0.05) is 6.07 Å². The molecule has 7 nitrogen and oxygen atoms in total. The molecule has 1 rings (SSSR count). The minimum absolute atomic E-state index is 0.0607. The van der Waals surface area contributed by atoms with Crippen molar-refractivity contribution in [1.82, 2.24) is 15.1 Å². The molecule has 0 fully saturated rings. The number of benzene rings is 1. The van der Waals surface area contributed by atoms with E-state index in [4.69, 9.17) is 0 Å². The Hall–Kier alpha value is -2.41. The average molecular weight is 348 g/mol. The molecule has 0 aliphatic carbocycles. The van der Waals surface area contributed by atoms with Crippen molar-refractivity contribution in [2.24, 2.45) is 0 Å². The van der Waals surface area contributed by atoms with Gasteiger partial charge in [0.05, 0.1) is 13.1 Å². The van der Waals surface area contributed by atoms with E-state index in [0.717, 1.165) is 0 Å². The highest BCUT2D eigenvalue weighted by Crippen LogP contribution is 2.13. The van der Waals surface area contributed by atoms with E-state index in [1.54, 1.807) is 41.1 Å². The van der Waals surface area contributed by atoms with Crippen molar-refractivity contribution >= 4 is 23.4 Å². The number of carbonyl (C=O) groups excluding carboxylic acids is 3. The second kappa shape index (κ2) is 10.5. The lowest BCUT2D eigenvalue weighted by Crippen LogP contribution is -2.38. The minimum atomic E-state index is -0.237. The molecule has 1 aromatic carbocycles. The van der Waals surface area contributed by atoms with Crippen LogP contribution in [0, 0.1) is 0 Å². The summed E-state index contributed by atoms with van der Waals surface area (Å²) in [5.41, 5.74) is 1.10. The van der Waals surface area contributed by atoms with Crippen molar-refractivity contribution in [1.29, 1.82) is 0 Å². The summed E-state index contributed by atoms with van der Waals surface area (Å²) in [7, 11) is 1.70. The van der Waals surface area contributed by atoms with E-state index in [0.29, 0.717) is 30.9 Å². The fraction of sp³-hybridized carbons (Fsp3) is 0.500. The first kappa shape index (κ1) is 20.6. The van der Waals surface area contributed by atoms with Gasteiger partial charge in [-0.05, 0) is 46.0 Å². The predicted molar refractivity (Wildman–Crippen MR) is 98.5 cm³/mol. The van der Waals surface area contributed by atoms with E-state index < -0.39 is 0 Å². The lowest BCUT2D eigenvalue weighted by atomic mass is 10.1. The second-order valence-electron chi connectivity index (χ2n) is 5.73. The van der Waals surface area contributed by atoms with Gasteiger partial charge in [-0.25, -0.2) is 0 Å². The third kappa shape index (κ3) is 6.93. The van der Waals surface area contributed by atoms with Gasteiger partial charge < -0.3 is 15.5 Å². The molecule has 0 radical (unpaired) electrons. The Morgan fingerprint density at radius 2 is 1.64 bits per heavy atom. The maximum absolute atomic E-state index is 12.4. The van der Waals surface area contributed by atoms with Crippen LogP contribution in [0.3, 0.4) is 0 Å². The summed E-state index contributed by atoms with van der Waals surface area (Å²) < 4.78 is 0. The van der Waals surface area contributed by atoms with Gasteiger partial charge in [0.1, 0.15) is 0 Å². The van der Waals surface area contributed by atoms with Crippen LogP contribution in [0.15, 0.2) is 24.3 Å². The number of amides is 3. The fourth-order valence-corrected chi connectivity index (χ4v) is 2.42. The van der Waals surface area contributed by atoms with Crippen LogP contribution in [0.1, 0.15) is 31.1 Å². The largest absolute Gasteiger partial charge is 0.355 e. The van der Waals surface area contributed by atoms with Gasteiger partial charge in [-0.15, -0.1) is 0 Å². The van der Waals surface area contributed by atoms with Gasteiger partial charge in [-0.2, -0.15) is 0 Å². The van der Waals surface area contributed by atoms with E-state index in [-0.39, 0.29) is 30.8 Å². The first-order valence-corrected chi connectivity index (χ1v) is 8.55. The van der Waals surface area contributed by atoms with Gasteiger partial charge in [-0.3, -0.25) is 19.3 Å². The number of nitrogens with zero attached hydrogens (tertiary/aromatic N) is 2. The molecule has 0 aliphatic rings. The molecule has 0 aliphatic heterocycles. The normalized spacial score (nSPS) is 10.4. The van der Waals surface area contributed by atoms with Crippen LogP contribution >= 0.6 is 0 Å². The molecule has 0 spiro atoms. The Morgan fingerprint density at radius 1 is 1.00 bits per heavy atom. The summed E-state index contributed by atoms with van der Waals surface area (Å²) in [5, 5.41) is 5.45. The van der Waals surface area contributed by atoms with E-state index >= 15 is 0 Å². The lowest BCUT2D eigenvalue weighted by Gasteiger charge is -2.19. The molecule has 0 saturated carbocycles. The standard InChI is InChI=1S/C18H28N4O3/c1-5-19-16(23)12-21(4)13-17(24)20-15-10-8-9-14(11-15)18(25)22(6-2)7-3/h8-11H,5-7,12-13H2,1-4H3,(H,19,23)(H,20,24). The molecule has 25 heavy (non-hydrogen) atoms. The zero-order valence-corrected chi connectivity index (χ0v) is 15.5. The van der Waals surface area contributed by atoms with Crippen LogP contribution in [-0.2, 0) is 9.59 Å². The predicted octanol–water partition coefficient (Wildman–Crippen LogP) is 1.18. The van der Waals surface area contributed by atoms with Gasteiger partial charge >= 0.3 is 0 Å². The molecule has 0 bridgehead atoms. The zero-order chi connectivity index (χ0) is 18.8. The minimum Gasteiger partial charge on any atom is -0.355 e. The van der Waals surface area contributed by atoms with Gasteiger partial charge in [0.15, 0.2) is 0 Å². The van der Waals surface area contributed by atoms with Crippen molar-refractivity contribution in [2.45, 2.75) is 20.8 Å². The number of hydrogen-bond donors (Lipinski definition) is 2. The third-order valence-electron chi connectivity index (χ3n) is 3.64. The third-order valence-corrected chi connectivity index (χ3v) is 3.64. The first-order chi connectivity index (χ1) is 11.9. The lowest BCUT2D eigenvalue weighted by molar-refractivity contribution is -0.122. The summed E-state index contributed by atoms with van der Waals surface area (Å²) in [6.07, 6.45) is 0. The molecule has 0 saturated heterocycles. The van der Waals surface area contributed by atoms with Crippen LogP contribution in [0.2, 0.25) is 0 Å². The first-order valence-electron chi connectivity index (χ1n) is 8.55. The average Bonchev–Trinajstić information content (AvgIpc) is 2.55. The van der Waals surface area contributed by atoms with E-state index in [2.05, 4.69) is 10.6 Å². The van der Waals surface area contributed by atoms with Crippen LogP contribution in [0.4, 0.5) is 5.69 Å². The molecular formula is C18H28N4O3. The fourth-order valence-electron chi connectivity index (χ4n) is 2.42. The highest BCUT2D eigenvalue weighted by molar-refractivity contribution is 5.97. The maximum atomic E-state index is 12.4. The number of anilines is 1. The monoisotopic (exact) mass is 348 g/mol. The van der Waals surface area contributed by atoms with Crippen LogP contribution < -0.4 is 10.6 Å². The molecule has 1 aromatic rings. The Balaban J connectivity index is 2.64. The maximum Gasteiger partial charge on any atom is 0.253 e. The molecule has 3 amide bonds. The summed E-state index contributed by atoms with van der Waals surface area (Å²) in [6.45, 7) is 7.78. The summed E-state index contributed by atoms with van der Waals surface area (Å²) >= 11 is 0. The SMILES string of the molecule is CCNC(=O)CN(C)CC(=O)Nc1cccc(C(=O)N(CC)CC)c1. The van der Waals surface area contributed by atoms with Crippen molar-refractivity contribution in [3.8, 4) is 0 Å². The van der Waals surface area contributed by atoms with Crippen molar-refractivity contribution < 1.29 is 14.4 Å². The van der Waals surface area contributed by atoms with Crippen molar-refractivity contribution in [2.75, 3.05) is 45.1 Å². The molecular weight excluding hydrogens is 320 g/mol. The molecule has 0 aromatic heterocycles. The Bertz CT molecular complexity index is 600. The Morgan fingerprint density at radius 3 is 2.24 bits per heavy atom. The molecule has 0 unspecified atom stereocenters. The number of rotatable bonds is 9. The second-order valence-corrected chi connectivity index (χ2v) is 5.73. The van der Waals surface area contributed by atoms with E-state index in [1.807, 2.05) is 20.8 Å². The molecule has 7 heteroatoms. The van der Waals surface area contributed by atoms with Crippen molar-refractivity contribution in [3.05, 3.63) is 29.8 Å². The van der Waals surface area contributed by atoms with Crippen LogP contribution in [0.25, 0.3) is 0 Å².